The van der Waals surface area contributed by atoms with E-state index in [1.165, 1.54) is 5.69 Å². The van der Waals surface area contributed by atoms with Crippen molar-refractivity contribution >= 4 is 22.3 Å². The Bertz CT molecular complexity index is 561. The van der Waals surface area contributed by atoms with E-state index in [0.717, 1.165) is 28.8 Å². The standard InChI is InChI=1S/C15H21N3/c1-5-18(10(2)3)15-8-11(4)17-14-7-6-12(16)9-13(14)15/h6-10H,5,16H2,1-4H3. The van der Waals surface area contributed by atoms with Crippen LogP contribution in [0.3, 0.4) is 0 Å². The van der Waals surface area contributed by atoms with Crippen LogP contribution in [0.2, 0.25) is 0 Å². The Morgan fingerprint density at radius 3 is 2.61 bits per heavy atom. The van der Waals surface area contributed by atoms with Crippen molar-refractivity contribution in [3.8, 4) is 0 Å². The molecule has 0 aliphatic carbocycles. The zero-order valence-corrected chi connectivity index (χ0v) is 11.6. The van der Waals surface area contributed by atoms with Gasteiger partial charge in [-0.25, -0.2) is 0 Å². The van der Waals surface area contributed by atoms with Crippen molar-refractivity contribution in [2.24, 2.45) is 0 Å². The third kappa shape index (κ3) is 2.26. The molecule has 1 aromatic carbocycles. The summed E-state index contributed by atoms with van der Waals surface area (Å²) in [5.41, 5.74) is 9.97. The van der Waals surface area contributed by atoms with Crippen LogP contribution < -0.4 is 10.6 Å². The van der Waals surface area contributed by atoms with E-state index in [4.69, 9.17) is 5.73 Å². The lowest BCUT2D eigenvalue weighted by atomic mass is 10.1. The summed E-state index contributed by atoms with van der Waals surface area (Å²) in [4.78, 5) is 6.94. The van der Waals surface area contributed by atoms with Gasteiger partial charge < -0.3 is 10.6 Å². The third-order valence-corrected chi connectivity index (χ3v) is 3.21. The molecule has 0 aliphatic rings. The number of fused-ring (bicyclic) bond motifs is 1. The molecule has 0 spiro atoms. The Hall–Kier alpha value is -1.77. The molecule has 3 nitrogen and oxygen atoms in total. The summed E-state index contributed by atoms with van der Waals surface area (Å²) in [6, 6.07) is 8.52. The summed E-state index contributed by atoms with van der Waals surface area (Å²) < 4.78 is 0. The van der Waals surface area contributed by atoms with Crippen molar-refractivity contribution in [2.45, 2.75) is 33.7 Å². The minimum Gasteiger partial charge on any atom is -0.399 e. The van der Waals surface area contributed by atoms with Crippen LogP contribution in [0.1, 0.15) is 26.5 Å². The maximum atomic E-state index is 5.90. The maximum absolute atomic E-state index is 5.90. The molecule has 1 aromatic heterocycles. The molecule has 0 unspecified atom stereocenters. The van der Waals surface area contributed by atoms with Crippen molar-refractivity contribution in [2.75, 3.05) is 17.2 Å². The summed E-state index contributed by atoms with van der Waals surface area (Å²) in [5, 5.41) is 1.14. The molecule has 0 radical (unpaired) electrons. The molecule has 0 saturated heterocycles. The van der Waals surface area contributed by atoms with E-state index >= 15 is 0 Å². The minimum absolute atomic E-state index is 0.460. The second-order valence-electron chi connectivity index (χ2n) is 4.94. The SMILES string of the molecule is CCN(c1cc(C)nc2ccc(N)cc12)C(C)C. The van der Waals surface area contributed by atoms with Crippen molar-refractivity contribution in [1.29, 1.82) is 0 Å². The van der Waals surface area contributed by atoms with Gasteiger partial charge in [0.05, 0.1) is 5.52 Å². The minimum atomic E-state index is 0.460. The second-order valence-corrected chi connectivity index (χ2v) is 4.94. The lowest BCUT2D eigenvalue weighted by molar-refractivity contribution is 0.705. The van der Waals surface area contributed by atoms with Crippen LogP contribution in [-0.2, 0) is 0 Å². The van der Waals surface area contributed by atoms with Gasteiger partial charge >= 0.3 is 0 Å². The van der Waals surface area contributed by atoms with Crippen LogP contribution >= 0.6 is 0 Å². The number of pyridine rings is 1. The predicted octanol–water partition coefficient (Wildman–Crippen LogP) is 3.36. The number of hydrogen-bond acceptors (Lipinski definition) is 3. The molecule has 0 fully saturated rings. The van der Waals surface area contributed by atoms with Gasteiger partial charge in [0, 0.05) is 35.0 Å². The van der Waals surface area contributed by atoms with Crippen molar-refractivity contribution < 1.29 is 0 Å². The van der Waals surface area contributed by atoms with Gasteiger partial charge in [-0.1, -0.05) is 0 Å². The van der Waals surface area contributed by atoms with Gasteiger partial charge in [-0.2, -0.15) is 0 Å². The molecule has 18 heavy (non-hydrogen) atoms. The zero-order chi connectivity index (χ0) is 13.3. The highest BCUT2D eigenvalue weighted by Crippen LogP contribution is 2.29. The van der Waals surface area contributed by atoms with Gasteiger partial charge in [-0.3, -0.25) is 4.98 Å². The van der Waals surface area contributed by atoms with Gasteiger partial charge in [-0.05, 0) is 52.0 Å². The molecule has 0 atom stereocenters. The Morgan fingerprint density at radius 2 is 2.00 bits per heavy atom. The van der Waals surface area contributed by atoms with E-state index in [1.807, 2.05) is 25.1 Å². The Labute approximate surface area is 109 Å². The number of nitrogens with two attached hydrogens (primary N) is 1. The number of anilines is 2. The van der Waals surface area contributed by atoms with Gasteiger partial charge in [-0.15, -0.1) is 0 Å². The number of nitrogens with zero attached hydrogens (tertiary/aromatic N) is 2. The highest BCUT2D eigenvalue weighted by atomic mass is 15.1. The Balaban J connectivity index is 2.71. The lowest BCUT2D eigenvalue weighted by Crippen LogP contribution is -2.30. The van der Waals surface area contributed by atoms with Crippen molar-refractivity contribution in [3.63, 3.8) is 0 Å². The average Bonchev–Trinajstić information content (AvgIpc) is 2.30. The molecule has 2 N–H and O–H groups in total. The van der Waals surface area contributed by atoms with Gasteiger partial charge in [0.1, 0.15) is 0 Å². The van der Waals surface area contributed by atoms with Crippen LogP contribution in [0, 0.1) is 6.92 Å². The fraction of sp³-hybridized carbons (Fsp3) is 0.400. The van der Waals surface area contributed by atoms with Crippen molar-refractivity contribution in [1.82, 2.24) is 4.98 Å². The van der Waals surface area contributed by atoms with E-state index in [2.05, 4.69) is 36.7 Å². The number of aromatic nitrogens is 1. The first-order valence-corrected chi connectivity index (χ1v) is 6.46. The van der Waals surface area contributed by atoms with Gasteiger partial charge in [0.15, 0.2) is 0 Å². The summed E-state index contributed by atoms with van der Waals surface area (Å²) in [7, 11) is 0. The summed E-state index contributed by atoms with van der Waals surface area (Å²) in [6.45, 7) is 9.60. The highest BCUT2D eigenvalue weighted by molar-refractivity contribution is 5.94. The normalized spacial score (nSPS) is 11.2. The number of hydrogen-bond donors (Lipinski definition) is 1. The molecule has 0 amide bonds. The highest BCUT2D eigenvalue weighted by Gasteiger charge is 2.13. The first-order valence-electron chi connectivity index (χ1n) is 6.46. The van der Waals surface area contributed by atoms with Gasteiger partial charge in [0.2, 0.25) is 0 Å². The molecule has 1 heterocycles. The zero-order valence-electron chi connectivity index (χ0n) is 11.6. The van der Waals surface area contributed by atoms with Crippen LogP contribution in [-0.4, -0.2) is 17.6 Å². The quantitative estimate of drug-likeness (QED) is 0.840. The van der Waals surface area contributed by atoms with Crippen LogP contribution in [0.4, 0.5) is 11.4 Å². The number of rotatable bonds is 3. The Kier molecular flexibility index (Phi) is 3.41. The molecule has 96 valence electrons. The first-order chi connectivity index (χ1) is 8.52. The van der Waals surface area contributed by atoms with Crippen LogP contribution in [0.15, 0.2) is 24.3 Å². The monoisotopic (exact) mass is 243 g/mol. The smallest absolute Gasteiger partial charge is 0.0727 e. The maximum Gasteiger partial charge on any atom is 0.0727 e. The second kappa shape index (κ2) is 4.84. The summed E-state index contributed by atoms with van der Waals surface area (Å²) in [5.74, 6) is 0. The molecule has 0 aliphatic heterocycles. The average molecular weight is 243 g/mol. The molecule has 2 rings (SSSR count). The van der Waals surface area contributed by atoms with E-state index in [-0.39, 0.29) is 0 Å². The van der Waals surface area contributed by atoms with Crippen LogP contribution in [0.5, 0.6) is 0 Å². The van der Waals surface area contributed by atoms with E-state index < -0.39 is 0 Å². The third-order valence-electron chi connectivity index (χ3n) is 3.21. The van der Waals surface area contributed by atoms with Gasteiger partial charge in [0.25, 0.3) is 0 Å². The van der Waals surface area contributed by atoms with E-state index in [9.17, 15) is 0 Å². The molecular weight excluding hydrogens is 222 g/mol. The Morgan fingerprint density at radius 1 is 1.28 bits per heavy atom. The number of aryl methyl sites for hydroxylation is 1. The first kappa shape index (κ1) is 12.7. The number of benzene rings is 1. The predicted molar refractivity (Wildman–Crippen MR) is 79.0 cm³/mol. The molecule has 0 saturated carbocycles. The summed E-state index contributed by atoms with van der Waals surface area (Å²) in [6.07, 6.45) is 0. The fourth-order valence-corrected chi connectivity index (χ4v) is 2.41. The molecule has 0 bridgehead atoms. The van der Waals surface area contributed by atoms with Crippen molar-refractivity contribution in [3.05, 3.63) is 30.0 Å². The van der Waals surface area contributed by atoms with E-state index in [0.29, 0.717) is 6.04 Å². The number of nitrogen functional groups attached to an aromatic ring is 1. The summed E-state index contributed by atoms with van der Waals surface area (Å²) >= 11 is 0. The fourth-order valence-electron chi connectivity index (χ4n) is 2.41. The topological polar surface area (TPSA) is 42.2 Å². The largest absolute Gasteiger partial charge is 0.399 e. The molecular formula is C15H21N3. The molecule has 2 aromatic rings. The van der Waals surface area contributed by atoms with E-state index in [1.54, 1.807) is 0 Å². The molecule has 3 heteroatoms. The lowest BCUT2D eigenvalue weighted by Gasteiger charge is -2.29. The van der Waals surface area contributed by atoms with Crippen LogP contribution in [0.25, 0.3) is 10.9 Å².